The number of hydrogen-bond acceptors (Lipinski definition) is 1. The van der Waals surface area contributed by atoms with Gasteiger partial charge in [0.15, 0.2) is 0 Å². The molecular weight excluding hydrogens is 433 g/mol. The van der Waals surface area contributed by atoms with Gasteiger partial charge < -0.3 is 22.1 Å². The summed E-state index contributed by atoms with van der Waals surface area (Å²) in [4.78, 5) is 10.4. The number of hydrogen-bond donors (Lipinski definition) is 1. The van der Waals surface area contributed by atoms with Crippen molar-refractivity contribution < 1.29 is 31.4 Å². The molecule has 1 aromatic heterocycles. The molecule has 0 aliphatic rings. The van der Waals surface area contributed by atoms with Gasteiger partial charge in [-0.3, -0.25) is 4.79 Å². The van der Waals surface area contributed by atoms with Crippen LogP contribution in [0.3, 0.4) is 0 Å². The van der Waals surface area contributed by atoms with Crippen molar-refractivity contribution in [2.45, 2.75) is 71.3 Å². The van der Waals surface area contributed by atoms with Gasteiger partial charge in [-0.15, -0.1) is 0 Å². The van der Waals surface area contributed by atoms with Crippen LogP contribution in [0.5, 0.6) is 0 Å². The maximum absolute atomic E-state index is 10.4. The first kappa shape index (κ1) is 21.4. The molecule has 0 saturated carbocycles. The van der Waals surface area contributed by atoms with Crippen molar-refractivity contribution in [2.24, 2.45) is 0 Å². The number of aromatic nitrogens is 1. The number of carbonyl (C=O) groups is 1. The molecule has 3 nitrogen and oxygen atoms in total. The summed E-state index contributed by atoms with van der Waals surface area (Å²) >= 11 is 0.520. The van der Waals surface area contributed by atoms with Crippen molar-refractivity contribution in [1.82, 2.24) is 0 Å². The SMILES string of the molecule is Cc1[se]c2ccccc2[n+]1CCCCCCCCCCC(=O)O.[Br-]. The molecular formula is C19H28BrNO2Se. The summed E-state index contributed by atoms with van der Waals surface area (Å²) in [6, 6.07) is 8.81. The van der Waals surface area contributed by atoms with Crippen molar-refractivity contribution in [1.29, 1.82) is 0 Å². The Balaban J connectivity index is 0.00000288. The Morgan fingerprint density at radius 1 is 1.00 bits per heavy atom. The molecule has 0 saturated heterocycles. The van der Waals surface area contributed by atoms with E-state index < -0.39 is 5.97 Å². The summed E-state index contributed by atoms with van der Waals surface area (Å²) < 4.78 is 5.58. The summed E-state index contributed by atoms with van der Waals surface area (Å²) in [7, 11) is 0. The zero-order valence-electron chi connectivity index (χ0n) is 14.5. The number of unbranched alkanes of at least 4 members (excludes halogenated alkanes) is 7. The quantitative estimate of drug-likeness (QED) is 0.310. The van der Waals surface area contributed by atoms with Gasteiger partial charge in [-0.05, 0) is 0 Å². The van der Waals surface area contributed by atoms with Gasteiger partial charge in [-0.2, -0.15) is 0 Å². The molecule has 2 aromatic rings. The number of fused-ring (bicyclic) bond motifs is 1. The topological polar surface area (TPSA) is 41.2 Å². The molecule has 2 rings (SSSR count). The Kier molecular flexibility index (Phi) is 10.6. The van der Waals surface area contributed by atoms with Gasteiger partial charge in [0.05, 0.1) is 0 Å². The minimum atomic E-state index is -0.665. The standard InChI is InChI=1S/C19H27NO2Se.BrH/c1-16-20(17-12-9-10-13-18(17)23-16)15-11-7-5-3-2-4-6-8-14-19(21)22;/h9-10,12-13H,2-8,11,14-15H2,1H3;1H. The van der Waals surface area contributed by atoms with Crippen molar-refractivity contribution in [2.75, 3.05) is 0 Å². The van der Waals surface area contributed by atoms with Crippen molar-refractivity contribution in [3.63, 3.8) is 0 Å². The van der Waals surface area contributed by atoms with E-state index in [1.807, 2.05) is 0 Å². The van der Waals surface area contributed by atoms with Crippen LogP contribution in [0.4, 0.5) is 0 Å². The molecule has 0 aliphatic carbocycles. The predicted octanol–water partition coefficient (Wildman–Crippen LogP) is 1.09. The molecule has 0 unspecified atom stereocenters. The zero-order chi connectivity index (χ0) is 16.5. The minimum Gasteiger partial charge on any atom is -1.00 e. The summed E-state index contributed by atoms with van der Waals surface area (Å²) in [5, 5.41) is 8.58. The van der Waals surface area contributed by atoms with Crippen LogP contribution in [0.1, 0.15) is 62.4 Å². The maximum atomic E-state index is 10.4. The summed E-state index contributed by atoms with van der Waals surface area (Å²) in [6.07, 6.45) is 9.81. The van der Waals surface area contributed by atoms with Gasteiger partial charge in [0, 0.05) is 0 Å². The normalized spacial score (nSPS) is 10.7. The Morgan fingerprint density at radius 2 is 1.58 bits per heavy atom. The van der Waals surface area contributed by atoms with Gasteiger partial charge in [0.2, 0.25) is 0 Å². The fraction of sp³-hybridized carbons (Fsp3) is 0.579. The number of benzene rings is 1. The van der Waals surface area contributed by atoms with Crippen LogP contribution >= 0.6 is 0 Å². The second kappa shape index (κ2) is 11.8. The fourth-order valence-corrected chi connectivity index (χ4v) is 5.23. The number of carboxylic acid groups (broad SMARTS) is 1. The third-order valence-electron chi connectivity index (χ3n) is 4.32. The van der Waals surface area contributed by atoms with E-state index in [0.717, 1.165) is 19.4 Å². The molecule has 0 amide bonds. The van der Waals surface area contributed by atoms with Crippen LogP contribution in [-0.4, -0.2) is 25.6 Å². The summed E-state index contributed by atoms with van der Waals surface area (Å²) in [5.74, 6) is -0.665. The van der Waals surface area contributed by atoms with Crippen molar-refractivity contribution in [3.05, 3.63) is 28.8 Å². The molecule has 0 spiro atoms. The molecule has 5 heteroatoms. The minimum absolute atomic E-state index is 0. The monoisotopic (exact) mass is 461 g/mol. The van der Waals surface area contributed by atoms with E-state index in [4.69, 9.17) is 5.11 Å². The molecule has 1 N–H and O–H groups in total. The van der Waals surface area contributed by atoms with Crippen molar-refractivity contribution >= 4 is 30.2 Å². The van der Waals surface area contributed by atoms with E-state index in [1.165, 1.54) is 52.9 Å². The molecule has 24 heavy (non-hydrogen) atoms. The second-order valence-electron chi connectivity index (χ2n) is 6.21. The van der Waals surface area contributed by atoms with Gasteiger partial charge in [-0.25, -0.2) is 0 Å². The Bertz CT molecular complexity index is 627. The van der Waals surface area contributed by atoms with Gasteiger partial charge in [-0.1, -0.05) is 0 Å². The average Bonchev–Trinajstić information content (AvgIpc) is 2.84. The van der Waals surface area contributed by atoms with Crippen LogP contribution < -0.4 is 21.5 Å². The van der Waals surface area contributed by atoms with E-state index >= 15 is 0 Å². The second-order valence-corrected chi connectivity index (χ2v) is 8.80. The van der Waals surface area contributed by atoms with E-state index in [0.29, 0.717) is 20.9 Å². The predicted molar refractivity (Wildman–Crippen MR) is 95.0 cm³/mol. The van der Waals surface area contributed by atoms with Crippen LogP contribution in [0, 0.1) is 6.92 Å². The number of carboxylic acids is 1. The summed E-state index contributed by atoms with van der Waals surface area (Å²) in [5.41, 5.74) is 1.43. The van der Waals surface area contributed by atoms with E-state index in [9.17, 15) is 4.79 Å². The third kappa shape index (κ3) is 7.08. The number of rotatable bonds is 11. The van der Waals surface area contributed by atoms with Crippen LogP contribution in [0.25, 0.3) is 9.78 Å². The Hall–Kier alpha value is -0.641. The van der Waals surface area contributed by atoms with Gasteiger partial charge in [0.1, 0.15) is 0 Å². The van der Waals surface area contributed by atoms with E-state index in [1.54, 1.807) is 0 Å². The number of aliphatic carboxylic acids is 1. The number of para-hydroxylation sites is 1. The molecule has 1 aromatic carbocycles. The first-order valence-electron chi connectivity index (χ1n) is 8.78. The molecule has 0 radical (unpaired) electrons. The van der Waals surface area contributed by atoms with Crippen LogP contribution in [-0.2, 0) is 11.3 Å². The van der Waals surface area contributed by atoms with Gasteiger partial charge in [0.25, 0.3) is 0 Å². The first-order chi connectivity index (χ1) is 11.2. The Morgan fingerprint density at radius 3 is 2.25 bits per heavy atom. The first-order valence-corrected chi connectivity index (χ1v) is 10.5. The molecule has 0 bridgehead atoms. The Labute approximate surface area is 161 Å². The summed E-state index contributed by atoms with van der Waals surface area (Å²) in [6.45, 7) is 3.43. The smallest absolute Gasteiger partial charge is 1.00 e. The molecule has 1 heterocycles. The van der Waals surface area contributed by atoms with Gasteiger partial charge >= 0.3 is 135 Å². The van der Waals surface area contributed by atoms with Crippen molar-refractivity contribution in [3.8, 4) is 0 Å². The van der Waals surface area contributed by atoms with Crippen LogP contribution in [0.15, 0.2) is 24.3 Å². The van der Waals surface area contributed by atoms with Crippen LogP contribution in [0.2, 0.25) is 0 Å². The number of halogens is 1. The van der Waals surface area contributed by atoms with E-state index in [-0.39, 0.29) is 17.0 Å². The third-order valence-corrected chi connectivity index (χ3v) is 6.58. The average molecular weight is 461 g/mol. The number of nitrogens with zero attached hydrogens (tertiary/aromatic N) is 1. The van der Waals surface area contributed by atoms with E-state index in [2.05, 4.69) is 35.8 Å². The zero-order valence-corrected chi connectivity index (χ0v) is 17.8. The fourth-order valence-electron chi connectivity index (χ4n) is 3.04. The molecule has 0 fully saturated rings. The molecule has 0 atom stereocenters. The molecule has 134 valence electrons. The number of aryl methyl sites for hydroxylation is 2. The molecule has 0 aliphatic heterocycles.